The maximum absolute atomic E-state index is 14.4. The molecule has 0 aromatic heterocycles. The van der Waals surface area contributed by atoms with Crippen LogP contribution in [0.15, 0.2) is 82.6 Å². The standard InChI is InChI=1S/C27H31FN2O6S2/c1-19-16-30(20(2)18-31)38(34,35)27-14-13-22(21-9-5-4-6-10-21)15-24(27)36-25(19)17-29(3)37(32,33)26-12-8-7-11-23(26)28/h4-15,19-20,25,31H,16-18H2,1-3H3/t19-,20-,25-/m1/s1. The highest BCUT2D eigenvalue weighted by Gasteiger charge is 2.39. The smallest absolute Gasteiger partial charge is 0.247 e. The molecule has 1 aliphatic rings. The molecule has 0 amide bonds. The summed E-state index contributed by atoms with van der Waals surface area (Å²) in [6.07, 6.45) is -0.782. The lowest BCUT2D eigenvalue weighted by molar-refractivity contribution is 0.0904. The Morgan fingerprint density at radius 2 is 1.74 bits per heavy atom. The monoisotopic (exact) mass is 562 g/mol. The highest BCUT2D eigenvalue weighted by molar-refractivity contribution is 7.89. The summed E-state index contributed by atoms with van der Waals surface area (Å²) >= 11 is 0. The number of halogens is 1. The Balaban J connectivity index is 1.78. The molecule has 0 aliphatic carbocycles. The van der Waals surface area contributed by atoms with Crippen molar-refractivity contribution in [3.05, 3.63) is 78.6 Å². The fourth-order valence-electron chi connectivity index (χ4n) is 4.43. The van der Waals surface area contributed by atoms with E-state index in [1.807, 2.05) is 30.3 Å². The van der Waals surface area contributed by atoms with Crippen molar-refractivity contribution in [2.24, 2.45) is 5.92 Å². The summed E-state index contributed by atoms with van der Waals surface area (Å²) in [5, 5.41) is 9.82. The normalized spacial score (nSPS) is 20.7. The Morgan fingerprint density at radius 1 is 1.08 bits per heavy atom. The minimum absolute atomic E-state index is 0.0117. The first-order valence-electron chi connectivity index (χ1n) is 12.2. The van der Waals surface area contributed by atoms with E-state index in [0.717, 1.165) is 21.5 Å². The third-order valence-electron chi connectivity index (χ3n) is 6.74. The molecule has 8 nitrogen and oxygen atoms in total. The van der Waals surface area contributed by atoms with E-state index in [-0.39, 0.29) is 23.7 Å². The van der Waals surface area contributed by atoms with Gasteiger partial charge in [-0.3, -0.25) is 0 Å². The molecule has 0 spiro atoms. The number of benzene rings is 3. The Hall–Kier alpha value is -2.83. The van der Waals surface area contributed by atoms with Gasteiger partial charge in [0.25, 0.3) is 0 Å². The second kappa shape index (κ2) is 11.1. The van der Waals surface area contributed by atoms with Crippen molar-refractivity contribution in [3.63, 3.8) is 0 Å². The van der Waals surface area contributed by atoms with Crippen LogP contribution < -0.4 is 4.74 Å². The van der Waals surface area contributed by atoms with Crippen molar-refractivity contribution >= 4 is 20.0 Å². The van der Waals surface area contributed by atoms with Crippen LogP contribution in [0.5, 0.6) is 5.75 Å². The number of aliphatic hydroxyl groups is 1. The fraction of sp³-hybridized carbons (Fsp3) is 0.333. The van der Waals surface area contributed by atoms with Crippen LogP contribution in [0.4, 0.5) is 4.39 Å². The number of aliphatic hydroxyl groups excluding tert-OH is 1. The quantitative estimate of drug-likeness (QED) is 0.472. The van der Waals surface area contributed by atoms with Gasteiger partial charge in [0, 0.05) is 25.6 Å². The summed E-state index contributed by atoms with van der Waals surface area (Å²) in [5.74, 6) is -1.27. The van der Waals surface area contributed by atoms with Gasteiger partial charge in [-0.15, -0.1) is 0 Å². The SMILES string of the molecule is C[C@@H]1CN([C@H](C)CO)S(=O)(=O)c2ccc(-c3ccccc3)cc2O[C@@H]1CN(C)S(=O)(=O)c1ccccc1F. The van der Waals surface area contributed by atoms with Crippen LogP contribution in [-0.2, 0) is 20.0 Å². The van der Waals surface area contributed by atoms with Gasteiger partial charge < -0.3 is 9.84 Å². The molecule has 3 aromatic carbocycles. The summed E-state index contributed by atoms with van der Waals surface area (Å²) in [4.78, 5) is -0.528. The molecule has 0 fully saturated rings. The van der Waals surface area contributed by atoms with Gasteiger partial charge in [-0.2, -0.15) is 8.61 Å². The van der Waals surface area contributed by atoms with Gasteiger partial charge in [0.05, 0.1) is 13.2 Å². The number of nitrogens with zero attached hydrogens (tertiary/aromatic N) is 2. The van der Waals surface area contributed by atoms with Gasteiger partial charge in [0.1, 0.15) is 27.5 Å². The molecule has 11 heteroatoms. The van der Waals surface area contributed by atoms with E-state index in [4.69, 9.17) is 4.74 Å². The summed E-state index contributed by atoms with van der Waals surface area (Å²) < 4.78 is 76.6. The van der Waals surface area contributed by atoms with Gasteiger partial charge in [-0.25, -0.2) is 21.2 Å². The molecule has 0 saturated carbocycles. The first kappa shape index (κ1) is 28.2. The molecule has 0 unspecified atom stereocenters. The lowest BCUT2D eigenvalue weighted by Gasteiger charge is -2.37. The predicted octanol–water partition coefficient (Wildman–Crippen LogP) is 3.58. The second-order valence-corrected chi connectivity index (χ2v) is 13.4. The van der Waals surface area contributed by atoms with Crippen LogP contribution in [0.2, 0.25) is 0 Å². The summed E-state index contributed by atoms with van der Waals surface area (Å²) in [6.45, 7) is 2.80. The van der Waals surface area contributed by atoms with Gasteiger partial charge in [0.2, 0.25) is 20.0 Å². The maximum atomic E-state index is 14.4. The number of hydrogen-bond acceptors (Lipinski definition) is 6. The first-order chi connectivity index (χ1) is 18.0. The largest absolute Gasteiger partial charge is 0.487 e. The minimum atomic E-state index is -4.19. The van der Waals surface area contributed by atoms with Crippen LogP contribution in [-0.4, -0.2) is 69.4 Å². The molecule has 3 atom stereocenters. The molecular weight excluding hydrogens is 531 g/mol. The Bertz CT molecular complexity index is 1500. The predicted molar refractivity (Wildman–Crippen MR) is 142 cm³/mol. The Labute approximate surface area is 223 Å². The zero-order chi connectivity index (χ0) is 27.7. The van der Waals surface area contributed by atoms with Crippen LogP contribution >= 0.6 is 0 Å². The molecule has 0 saturated heterocycles. The van der Waals surface area contributed by atoms with Gasteiger partial charge in [-0.1, -0.05) is 55.5 Å². The van der Waals surface area contributed by atoms with Crippen molar-refractivity contribution < 1.29 is 31.1 Å². The average molecular weight is 563 g/mol. The van der Waals surface area contributed by atoms with Gasteiger partial charge in [0.15, 0.2) is 0 Å². The topological polar surface area (TPSA) is 104 Å². The number of rotatable bonds is 7. The van der Waals surface area contributed by atoms with E-state index in [1.165, 1.54) is 35.6 Å². The second-order valence-electron chi connectivity index (χ2n) is 9.48. The maximum Gasteiger partial charge on any atom is 0.247 e. The van der Waals surface area contributed by atoms with Gasteiger partial charge in [-0.05, 0) is 42.3 Å². The molecule has 4 rings (SSSR count). The number of hydrogen-bond donors (Lipinski definition) is 1. The van der Waals surface area contributed by atoms with Gasteiger partial charge >= 0.3 is 0 Å². The van der Waals surface area contributed by atoms with E-state index in [1.54, 1.807) is 26.0 Å². The highest BCUT2D eigenvalue weighted by Crippen LogP contribution is 2.36. The number of fused-ring (bicyclic) bond motifs is 1. The van der Waals surface area contributed by atoms with Crippen LogP contribution in [0, 0.1) is 11.7 Å². The molecular formula is C27H31FN2O6S2. The summed E-state index contributed by atoms with van der Waals surface area (Å²) in [6, 6.07) is 18.6. The van der Waals surface area contributed by atoms with E-state index < -0.39 is 55.4 Å². The van der Waals surface area contributed by atoms with Crippen LogP contribution in [0.1, 0.15) is 13.8 Å². The number of sulfonamides is 2. The molecule has 1 aliphatic heterocycles. The van der Waals surface area contributed by atoms with Crippen molar-refractivity contribution in [3.8, 4) is 16.9 Å². The fourth-order valence-corrected chi connectivity index (χ4v) is 7.50. The van der Waals surface area contributed by atoms with Crippen molar-refractivity contribution in [1.82, 2.24) is 8.61 Å². The molecule has 3 aromatic rings. The Kier molecular flexibility index (Phi) is 8.24. The summed E-state index contributed by atoms with van der Waals surface area (Å²) in [5.41, 5.74) is 1.57. The molecule has 38 heavy (non-hydrogen) atoms. The van der Waals surface area contributed by atoms with E-state index in [2.05, 4.69) is 0 Å². The van der Waals surface area contributed by atoms with Crippen LogP contribution in [0.25, 0.3) is 11.1 Å². The zero-order valence-electron chi connectivity index (χ0n) is 21.4. The average Bonchev–Trinajstić information content (AvgIpc) is 2.90. The number of likely N-dealkylation sites (N-methyl/N-ethyl adjacent to an activating group) is 1. The molecule has 0 radical (unpaired) electrons. The van der Waals surface area contributed by atoms with E-state index >= 15 is 0 Å². The van der Waals surface area contributed by atoms with E-state index in [9.17, 15) is 26.3 Å². The van der Waals surface area contributed by atoms with Crippen molar-refractivity contribution in [1.29, 1.82) is 0 Å². The lowest BCUT2D eigenvalue weighted by Crippen LogP contribution is -2.50. The zero-order valence-corrected chi connectivity index (χ0v) is 23.0. The molecule has 204 valence electrons. The molecule has 0 bridgehead atoms. The third-order valence-corrected chi connectivity index (χ3v) is 10.6. The van der Waals surface area contributed by atoms with E-state index in [0.29, 0.717) is 0 Å². The highest BCUT2D eigenvalue weighted by atomic mass is 32.2. The first-order valence-corrected chi connectivity index (χ1v) is 15.0. The van der Waals surface area contributed by atoms with Crippen LogP contribution in [0.3, 0.4) is 0 Å². The molecule has 1 N–H and O–H groups in total. The minimum Gasteiger partial charge on any atom is -0.487 e. The Morgan fingerprint density at radius 3 is 2.39 bits per heavy atom. The summed E-state index contributed by atoms with van der Waals surface area (Å²) in [7, 11) is -6.90. The van der Waals surface area contributed by atoms with Crippen molar-refractivity contribution in [2.45, 2.75) is 35.8 Å². The third kappa shape index (κ3) is 5.48. The lowest BCUT2D eigenvalue weighted by atomic mass is 10.0. The number of ether oxygens (including phenoxy) is 1. The van der Waals surface area contributed by atoms with Crippen molar-refractivity contribution in [2.75, 3.05) is 26.7 Å². The molecule has 1 heterocycles.